The van der Waals surface area contributed by atoms with Crippen LogP contribution < -0.4 is 5.73 Å². The van der Waals surface area contributed by atoms with Gasteiger partial charge < -0.3 is 5.73 Å². The molecule has 114 valence electrons. The van der Waals surface area contributed by atoms with E-state index in [2.05, 4.69) is 26.1 Å². The molecule has 7 heteroatoms. The summed E-state index contributed by atoms with van der Waals surface area (Å²) in [5, 5.41) is 8.17. The molecule has 3 nitrogen and oxygen atoms in total. The van der Waals surface area contributed by atoms with Crippen LogP contribution in [-0.2, 0) is 5.75 Å². The van der Waals surface area contributed by atoms with Gasteiger partial charge in [-0.25, -0.2) is 4.39 Å². The first kappa shape index (κ1) is 17.0. The van der Waals surface area contributed by atoms with Crippen LogP contribution in [0.3, 0.4) is 0 Å². The molecule has 2 rings (SSSR count). The number of hydrogen-bond donors (Lipinski definition) is 1. The Kier molecular flexibility index (Phi) is 6.42. The lowest BCUT2D eigenvalue weighted by atomic mass is 10.2. The summed E-state index contributed by atoms with van der Waals surface area (Å²) in [6.07, 6.45) is 1.46. The van der Waals surface area contributed by atoms with Crippen molar-refractivity contribution < 1.29 is 4.39 Å². The maximum Gasteiger partial charge on any atom is 0.180 e. The summed E-state index contributed by atoms with van der Waals surface area (Å²) < 4.78 is 13.8. The molecule has 22 heavy (non-hydrogen) atoms. The standard InChI is InChI=1S/C15H12BrClFN3S/c16-12-7-14(18)13(17)6-11(12)8-20-21-15(19)22-9-10-4-2-1-3-5-10/h1-8H,9H2,(H2,19,21). The molecule has 0 unspecified atom stereocenters. The van der Waals surface area contributed by atoms with E-state index in [0.29, 0.717) is 15.2 Å². The van der Waals surface area contributed by atoms with Gasteiger partial charge in [0.1, 0.15) is 5.82 Å². The lowest BCUT2D eigenvalue weighted by molar-refractivity contribution is 0.627. The smallest absolute Gasteiger partial charge is 0.180 e. The summed E-state index contributed by atoms with van der Waals surface area (Å²) >= 11 is 10.3. The zero-order valence-electron chi connectivity index (χ0n) is 11.3. The van der Waals surface area contributed by atoms with Crippen LogP contribution in [-0.4, -0.2) is 11.4 Å². The van der Waals surface area contributed by atoms with Crippen LogP contribution in [0.25, 0.3) is 0 Å². The molecule has 0 heterocycles. The molecule has 0 bridgehead atoms. The van der Waals surface area contributed by atoms with Crippen molar-refractivity contribution in [1.29, 1.82) is 0 Å². The molecule has 0 aliphatic rings. The molecule has 0 saturated carbocycles. The molecule has 2 aromatic carbocycles. The van der Waals surface area contributed by atoms with Crippen LogP contribution in [0.2, 0.25) is 5.02 Å². The third-order valence-corrected chi connectivity index (χ3v) is 4.45. The van der Waals surface area contributed by atoms with Crippen LogP contribution >= 0.6 is 39.3 Å². The fourth-order valence-electron chi connectivity index (χ4n) is 1.55. The normalized spacial score (nSPS) is 12.0. The number of nitrogens with zero attached hydrogens (tertiary/aromatic N) is 2. The van der Waals surface area contributed by atoms with E-state index in [4.69, 9.17) is 17.3 Å². The second-order valence-corrected chi connectivity index (χ2v) is 6.50. The van der Waals surface area contributed by atoms with Gasteiger partial charge in [-0.05, 0) is 17.7 Å². The lowest BCUT2D eigenvalue weighted by Crippen LogP contribution is -2.06. The second-order valence-electron chi connectivity index (χ2n) is 4.24. The van der Waals surface area contributed by atoms with Crippen molar-refractivity contribution in [2.45, 2.75) is 5.75 Å². The van der Waals surface area contributed by atoms with Crippen LogP contribution in [0.15, 0.2) is 57.1 Å². The van der Waals surface area contributed by atoms with Gasteiger partial charge in [0.05, 0.1) is 11.2 Å². The van der Waals surface area contributed by atoms with Gasteiger partial charge in [0.25, 0.3) is 0 Å². The average Bonchev–Trinajstić information content (AvgIpc) is 2.51. The molecular weight excluding hydrogens is 389 g/mol. The fraction of sp³-hybridized carbons (Fsp3) is 0.0667. The molecule has 0 spiro atoms. The third kappa shape index (κ3) is 5.12. The predicted molar refractivity (Wildman–Crippen MR) is 96.1 cm³/mol. The van der Waals surface area contributed by atoms with Gasteiger partial charge in [0.15, 0.2) is 5.17 Å². The zero-order chi connectivity index (χ0) is 15.9. The van der Waals surface area contributed by atoms with Crippen LogP contribution in [0, 0.1) is 5.82 Å². The Hall–Kier alpha value is -1.37. The fourth-order valence-corrected chi connectivity index (χ4v) is 2.75. The molecule has 2 aromatic rings. The number of benzene rings is 2. The lowest BCUT2D eigenvalue weighted by Gasteiger charge is -2.00. The van der Waals surface area contributed by atoms with Crippen molar-refractivity contribution in [1.82, 2.24) is 0 Å². The summed E-state index contributed by atoms with van der Waals surface area (Å²) in [5.41, 5.74) is 7.56. The molecule has 0 aromatic heterocycles. The Bertz CT molecular complexity index is 707. The first-order valence-corrected chi connectivity index (χ1v) is 8.39. The summed E-state index contributed by atoms with van der Waals surface area (Å²) in [6, 6.07) is 12.7. The second kappa shape index (κ2) is 8.31. The van der Waals surface area contributed by atoms with Crippen molar-refractivity contribution in [2.24, 2.45) is 15.9 Å². The minimum atomic E-state index is -0.493. The molecule has 0 fully saturated rings. The van der Waals surface area contributed by atoms with Crippen LogP contribution in [0.5, 0.6) is 0 Å². The van der Waals surface area contributed by atoms with E-state index in [1.165, 1.54) is 30.1 Å². The Morgan fingerprint density at radius 2 is 2.05 bits per heavy atom. The molecule has 0 amide bonds. The highest BCUT2D eigenvalue weighted by molar-refractivity contribution is 9.10. The minimum Gasteiger partial charge on any atom is -0.377 e. The van der Waals surface area contributed by atoms with Crippen molar-refractivity contribution in [3.8, 4) is 0 Å². The summed E-state index contributed by atoms with van der Waals surface area (Å²) in [7, 11) is 0. The molecule has 0 saturated heterocycles. The van der Waals surface area contributed by atoms with Gasteiger partial charge in [0, 0.05) is 15.8 Å². The molecule has 2 N–H and O–H groups in total. The number of nitrogens with two attached hydrogens (primary N) is 1. The van der Waals surface area contributed by atoms with Gasteiger partial charge >= 0.3 is 0 Å². The largest absolute Gasteiger partial charge is 0.377 e. The molecule has 0 aliphatic heterocycles. The Morgan fingerprint density at radius 3 is 2.77 bits per heavy atom. The van der Waals surface area contributed by atoms with Gasteiger partial charge in [0.2, 0.25) is 0 Å². The van der Waals surface area contributed by atoms with Crippen molar-refractivity contribution >= 4 is 50.7 Å². The van der Waals surface area contributed by atoms with Crippen molar-refractivity contribution in [2.75, 3.05) is 0 Å². The average molecular weight is 401 g/mol. The number of amidine groups is 1. The van der Waals surface area contributed by atoms with Crippen LogP contribution in [0.1, 0.15) is 11.1 Å². The summed E-state index contributed by atoms with van der Waals surface area (Å²) in [5.74, 6) is 0.227. The number of thioether (sulfide) groups is 1. The molecule has 0 atom stereocenters. The zero-order valence-corrected chi connectivity index (χ0v) is 14.5. The third-order valence-electron chi connectivity index (χ3n) is 2.62. The summed E-state index contributed by atoms with van der Waals surface area (Å²) in [6.45, 7) is 0. The quantitative estimate of drug-likeness (QED) is 0.346. The first-order valence-electron chi connectivity index (χ1n) is 6.24. The highest BCUT2D eigenvalue weighted by Gasteiger charge is 2.04. The molecule has 0 aliphatic carbocycles. The number of hydrogen-bond acceptors (Lipinski definition) is 3. The number of rotatable bonds is 4. The topological polar surface area (TPSA) is 50.7 Å². The van der Waals surface area contributed by atoms with Crippen molar-refractivity contribution in [3.05, 3.63) is 68.9 Å². The van der Waals surface area contributed by atoms with Gasteiger partial charge in [-0.3, -0.25) is 0 Å². The maximum atomic E-state index is 13.2. The SMILES string of the molecule is NC(=NN=Cc1cc(Cl)c(F)cc1Br)SCc1ccccc1. The first-order chi connectivity index (χ1) is 10.6. The Balaban J connectivity index is 1.97. The Morgan fingerprint density at radius 1 is 1.32 bits per heavy atom. The van der Waals surface area contributed by atoms with E-state index >= 15 is 0 Å². The van der Waals surface area contributed by atoms with Gasteiger partial charge in [-0.1, -0.05) is 69.6 Å². The van der Waals surface area contributed by atoms with E-state index in [9.17, 15) is 4.39 Å². The Labute approximate surface area is 145 Å². The number of halogens is 3. The van der Waals surface area contributed by atoms with Crippen LogP contribution in [0.4, 0.5) is 4.39 Å². The minimum absolute atomic E-state index is 0.0278. The monoisotopic (exact) mass is 399 g/mol. The van der Waals surface area contributed by atoms with E-state index in [-0.39, 0.29) is 5.02 Å². The van der Waals surface area contributed by atoms with E-state index in [1.54, 1.807) is 0 Å². The van der Waals surface area contributed by atoms with Gasteiger partial charge in [-0.15, -0.1) is 5.10 Å². The highest BCUT2D eigenvalue weighted by atomic mass is 79.9. The predicted octanol–water partition coefficient (Wildman–Crippen LogP) is 4.82. The van der Waals surface area contributed by atoms with Gasteiger partial charge in [-0.2, -0.15) is 5.10 Å². The maximum absolute atomic E-state index is 13.2. The van der Waals surface area contributed by atoms with Crippen molar-refractivity contribution in [3.63, 3.8) is 0 Å². The van der Waals surface area contributed by atoms with E-state index in [1.807, 2.05) is 30.3 Å². The highest BCUT2D eigenvalue weighted by Crippen LogP contribution is 2.23. The van der Waals surface area contributed by atoms with E-state index in [0.717, 1.165) is 11.3 Å². The molecule has 0 radical (unpaired) electrons. The molecular formula is C15H12BrClFN3S. The van der Waals surface area contributed by atoms with E-state index < -0.39 is 5.82 Å². The summed E-state index contributed by atoms with van der Waals surface area (Å²) in [4.78, 5) is 0.